The number of carbonyl (C=O) groups excluding carboxylic acids is 1. The Bertz CT molecular complexity index is 667. The Hall–Kier alpha value is -1.69. The smallest absolute Gasteiger partial charge is 0.246 e. The summed E-state index contributed by atoms with van der Waals surface area (Å²) in [6.07, 6.45) is 0. The van der Waals surface area contributed by atoms with Crippen LogP contribution in [0.3, 0.4) is 0 Å². The van der Waals surface area contributed by atoms with Crippen molar-refractivity contribution in [3.8, 4) is 0 Å². The minimum Gasteiger partial charge on any atom is -0.322 e. The molecule has 0 unspecified atom stereocenters. The Morgan fingerprint density at radius 2 is 2.10 bits per heavy atom. The third kappa shape index (κ3) is 3.07. The van der Waals surface area contributed by atoms with Crippen LogP contribution < -0.4 is 5.32 Å². The summed E-state index contributed by atoms with van der Waals surface area (Å²) in [6, 6.07) is 4.60. The van der Waals surface area contributed by atoms with E-state index in [1.807, 2.05) is 20.8 Å². The fourth-order valence-corrected chi connectivity index (χ4v) is 2.17. The van der Waals surface area contributed by atoms with Gasteiger partial charge in [-0.15, -0.1) is 0 Å². The lowest BCUT2D eigenvalue weighted by molar-refractivity contribution is -0.117. The van der Waals surface area contributed by atoms with Gasteiger partial charge in [-0.25, -0.2) is 4.39 Å². The lowest BCUT2D eigenvalue weighted by Gasteiger charge is -2.08. The molecule has 1 N–H and O–H groups in total. The molecule has 6 heteroatoms. The molecule has 0 saturated carbocycles. The molecule has 0 aliphatic heterocycles. The first-order valence-electron chi connectivity index (χ1n) is 6.14. The number of rotatable bonds is 3. The number of anilines is 1. The molecule has 0 spiro atoms. The SMILES string of the molecule is Cc1ccc(F)c(NC(=O)Cn2nc(C)c(Br)c2C)c1. The lowest BCUT2D eigenvalue weighted by atomic mass is 10.2. The molecule has 0 saturated heterocycles. The highest BCUT2D eigenvalue weighted by Crippen LogP contribution is 2.20. The van der Waals surface area contributed by atoms with E-state index in [-0.39, 0.29) is 18.1 Å². The van der Waals surface area contributed by atoms with Gasteiger partial charge in [-0.1, -0.05) is 6.07 Å². The Labute approximate surface area is 125 Å². The first-order valence-corrected chi connectivity index (χ1v) is 6.93. The van der Waals surface area contributed by atoms with E-state index in [4.69, 9.17) is 0 Å². The molecule has 0 atom stereocenters. The van der Waals surface area contributed by atoms with Gasteiger partial charge in [0.05, 0.1) is 21.5 Å². The van der Waals surface area contributed by atoms with Crippen molar-refractivity contribution in [1.29, 1.82) is 0 Å². The minimum absolute atomic E-state index is 0.0473. The van der Waals surface area contributed by atoms with Crippen molar-refractivity contribution in [2.45, 2.75) is 27.3 Å². The van der Waals surface area contributed by atoms with Gasteiger partial charge in [0.1, 0.15) is 12.4 Å². The van der Waals surface area contributed by atoms with Crippen molar-refractivity contribution in [1.82, 2.24) is 9.78 Å². The van der Waals surface area contributed by atoms with Crippen molar-refractivity contribution in [3.63, 3.8) is 0 Å². The van der Waals surface area contributed by atoms with Crippen molar-refractivity contribution in [2.24, 2.45) is 0 Å². The van der Waals surface area contributed by atoms with Crippen LogP contribution in [0.5, 0.6) is 0 Å². The topological polar surface area (TPSA) is 46.9 Å². The minimum atomic E-state index is -0.446. The number of nitrogens with one attached hydrogen (secondary N) is 1. The molecule has 0 radical (unpaired) electrons. The normalized spacial score (nSPS) is 10.7. The lowest BCUT2D eigenvalue weighted by Crippen LogP contribution is -2.21. The first kappa shape index (κ1) is 14.7. The molecule has 2 aromatic rings. The number of aromatic nitrogens is 2. The highest BCUT2D eigenvalue weighted by Gasteiger charge is 2.13. The molecule has 1 amide bonds. The molecule has 2 rings (SSSR count). The van der Waals surface area contributed by atoms with Gasteiger partial charge in [0, 0.05) is 0 Å². The van der Waals surface area contributed by atoms with Crippen LogP contribution in [0, 0.1) is 26.6 Å². The monoisotopic (exact) mass is 339 g/mol. The maximum atomic E-state index is 13.6. The number of aryl methyl sites for hydroxylation is 2. The fraction of sp³-hybridized carbons (Fsp3) is 0.286. The van der Waals surface area contributed by atoms with Gasteiger partial charge < -0.3 is 5.32 Å². The Morgan fingerprint density at radius 3 is 2.70 bits per heavy atom. The quantitative estimate of drug-likeness (QED) is 0.932. The Kier molecular flexibility index (Phi) is 4.23. The van der Waals surface area contributed by atoms with Crippen LogP contribution >= 0.6 is 15.9 Å². The van der Waals surface area contributed by atoms with E-state index in [2.05, 4.69) is 26.3 Å². The number of halogens is 2. The number of carbonyl (C=O) groups is 1. The van der Waals surface area contributed by atoms with Gasteiger partial charge in [-0.3, -0.25) is 9.48 Å². The second-order valence-electron chi connectivity index (χ2n) is 4.67. The molecule has 0 bridgehead atoms. The molecule has 1 heterocycles. The van der Waals surface area contributed by atoms with Crippen LogP contribution in [0.25, 0.3) is 0 Å². The van der Waals surface area contributed by atoms with E-state index < -0.39 is 5.82 Å². The predicted molar refractivity (Wildman–Crippen MR) is 79.2 cm³/mol. The second kappa shape index (κ2) is 5.75. The number of hydrogen-bond donors (Lipinski definition) is 1. The number of amides is 1. The summed E-state index contributed by atoms with van der Waals surface area (Å²) in [6.45, 7) is 5.61. The second-order valence-corrected chi connectivity index (χ2v) is 5.47. The maximum absolute atomic E-state index is 13.6. The number of benzene rings is 1. The molecule has 1 aromatic carbocycles. The zero-order chi connectivity index (χ0) is 14.9. The van der Waals surface area contributed by atoms with Crippen LogP contribution in [0.1, 0.15) is 17.0 Å². The Morgan fingerprint density at radius 1 is 1.40 bits per heavy atom. The van der Waals surface area contributed by atoms with Crippen molar-refractivity contribution >= 4 is 27.5 Å². The third-order valence-electron chi connectivity index (χ3n) is 2.98. The largest absolute Gasteiger partial charge is 0.322 e. The van der Waals surface area contributed by atoms with Crippen LogP contribution in [-0.2, 0) is 11.3 Å². The molecular weight excluding hydrogens is 325 g/mol. The standard InChI is InChI=1S/C14H15BrFN3O/c1-8-4-5-11(16)12(6-8)17-13(20)7-19-10(3)14(15)9(2)18-19/h4-6H,7H2,1-3H3,(H,17,20). The van der Waals surface area contributed by atoms with Gasteiger partial charge in [-0.2, -0.15) is 5.10 Å². The summed E-state index contributed by atoms with van der Waals surface area (Å²) < 4.78 is 16.0. The summed E-state index contributed by atoms with van der Waals surface area (Å²) in [5.74, 6) is -0.758. The third-order valence-corrected chi connectivity index (χ3v) is 4.13. The van der Waals surface area contributed by atoms with Crippen LogP contribution in [0.2, 0.25) is 0 Å². The summed E-state index contributed by atoms with van der Waals surface area (Å²) in [7, 11) is 0. The van der Waals surface area contributed by atoms with Crippen LogP contribution in [0.4, 0.5) is 10.1 Å². The summed E-state index contributed by atoms with van der Waals surface area (Å²) in [5.41, 5.74) is 2.76. The molecule has 20 heavy (non-hydrogen) atoms. The van der Waals surface area contributed by atoms with Gasteiger partial charge in [0.25, 0.3) is 0 Å². The highest BCUT2D eigenvalue weighted by molar-refractivity contribution is 9.10. The zero-order valence-electron chi connectivity index (χ0n) is 11.5. The summed E-state index contributed by atoms with van der Waals surface area (Å²) >= 11 is 3.40. The molecule has 0 aliphatic carbocycles. The van der Waals surface area contributed by atoms with E-state index in [0.29, 0.717) is 0 Å². The van der Waals surface area contributed by atoms with Crippen molar-refractivity contribution in [3.05, 3.63) is 45.4 Å². The number of nitrogens with zero attached hydrogens (tertiary/aromatic N) is 2. The molecule has 4 nitrogen and oxygen atoms in total. The first-order chi connectivity index (χ1) is 9.38. The van der Waals surface area contributed by atoms with E-state index in [9.17, 15) is 9.18 Å². The van der Waals surface area contributed by atoms with Gasteiger partial charge >= 0.3 is 0 Å². The molecule has 0 aliphatic rings. The van der Waals surface area contributed by atoms with Gasteiger partial charge in [-0.05, 0) is 54.4 Å². The molecule has 0 fully saturated rings. The average Bonchev–Trinajstić information content (AvgIpc) is 2.61. The fourth-order valence-electron chi connectivity index (χ4n) is 1.89. The highest BCUT2D eigenvalue weighted by atomic mass is 79.9. The average molecular weight is 340 g/mol. The van der Waals surface area contributed by atoms with E-state index in [1.165, 1.54) is 6.07 Å². The van der Waals surface area contributed by atoms with Gasteiger partial charge in [0.2, 0.25) is 5.91 Å². The van der Waals surface area contributed by atoms with Crippen LogP contribution in [-0.4, -0.2) is 15.7 Å². The Balaban J connectivity index is 2.13. The van der Waals surface area contributed by atoms with Crippen molar-refractivity contribution in [2.75, 3.05) is 5.32 Å². The summed E-state index contributed by atoms with van der Waals surface area (Å²) in [4.78, 5) is 12.0. The van der Waals surface area contributed by atoms with Crippen molar-refractivity contribution < 1.29 is 9.18 Å². The molecule has 1 aromatic heterocycles. The molecule has 106 valence electrons. The zero-order valence-corrected chi connectivity index (χ0v) is 13.1. The predicted octanol–water partition coefficient (Wildman–Crippen LogP) is 3.35. The van der Waals surface area contributed by atoms with E-state index in [1.54, 1.807) is 16.8 Å². The molecular formula is C14H15BrFN3O. The summed E-state index contributed by atoms with van der Waals surface area (Å²) in [5, 5.41) is 6.81. The van der Waals surface area contributed by atoms with Crippen LogP contribution in [0.15, 0.2) is 22.7 Å². The van der Waals surface area contributed by atoms with E-state index >= 15 is 0 Å². The number of hydrogen-bond acceptors (Lipinski definition) is 2. The van der Waals surface area contributed by atoms with Gasteiger partial charge in [0.15, 0.2) is 0 Å². The maximum Gasteiger partial charge on any atom is 0.246 e. The van der Waals surface area contributed by atoms with E-state index in [0.717, 1.165) is 21.4 Å².